The second-order valence-electron chi connectivity index (χ2n) is 4.15. The number of aromatic nitrogens is 2. The highest BCUT2D eigenvalue weighted by atomic mass is 16.3. The van der Waals surface area contributed by atoms with E-state index in [-0.39, 0.29) is 24.5 Å². The largest absolute Gasteiger partial charge is 0.394 e. The van der Waals surface area contributed by atoms with Crippen molar-refractivity contribution in [2.45, 2.75) is 32.9 Å². The summed E-state index contributed by atoms with van der Waals surface area (Å²) in [4.78, 5) is 15.5. The standard InChI is InChI=1S/C11H19N3O2/c1-9(2)10(7-15)13-11(16)3-5-14-6-4-12-8-14/h4,6,8-10,15H,3,5,7H2,1-2H3,(H,13,16)/t10-/m1/s1. The van der Waals surface area contributed by atoms with Crippen LogP contribution in [0.4, 0.5) is 0 Å². The van der Waals surface area contributed by atoms with Crippen LogP contribution in [0, 0.1) is 5.92 Å². The first-order valence-electron chi connectivity index (χ1n) is 5.49. The van der Waals surface area contributed by atoms with E-state index in [1.54, 1.807) is 12.5 Å². The Balaban J connectivity index is 2.30. The molecule has 0 saturated heterocycles. The second-order valence-corrected chi connectivity index (χ2v) is 4.15. The Labute approximate surface area is 95.5 Å². The van der Waals surface area contributed by atoms with E-state index in [0.717, 1.165) is 0 Å². The van der Waals surface area contributed by atoms with Crippen molar-refractivity contribution in [1.29, 1.82) is 0 Å². The van der Waals surface area contributed by atoms with Crippen molar-refractivity contribution < 1.29 is 9.90 Å². The predicted molar refractivity (Wildman–Crippen MR) is 60.7 cm³/mol. The normalized spacial score (nSPS) is 12.8. The van der Waals surface area contributed by atoms with Crippen LogP contribution in [-0.2, 0) is 11.3 Å². The first-order chi connectivity index (χ1) is 7.63. The minimum absolute atomic E-state index is 0.0194. The van der Waals surface area contributed by atoms with Gasteiger partial charge in [-0.15, -0.1) is 0 Å². The molecule has 0 aromatic carbocycles. The Bertz CT molecular complexity index is 309. The Morgan fingerprint density at radius 2 is 2.31 bits per heavy atom. The first kappa shape index (κ1) is 12.7. The van der Waals surface area contributed by atoms with Gasteiger partial charge in [0.05, 0.1) is 19.0 Å². The first-order valence-corrected chi connectivity index (χ1v) is 5.49. The Morgan fingerprint density at radius 3 is 2.81 bits per heavy atom. The lowest BCUT2D eigenvalue weighted by Gasteiger charge is -2.19. The summed E-state index contributed by atoms with van der Waals surface area (Å²) in [6.07, 6.45) is 5.58. The molecule has 1 aromatic heterocycles. The molecule has 1 aromatic rings. The SMILES string of the molecule is CC(C)[C@@H](CO)NC(=O)CCn1ccnc1. The predicted octanol–water partition coefficient (Wildman–Crippen LogP) is 0.406. The van der Waals surface area contributed by atoms with Gasteiger partial charge in [-0.3, -0.25) is 4.79 Å². The quantitative estimate of drug-likeness (QED) is 0.736. The third-order valence-corrected chi connectivity index (χ3v) is 2.50. The van der Waals surface area contributed by atoms with Gasteiger partial charge in [-0.1, -0.05) is 13.8 Å². The van der Waals surface area contributed by atoms with E-state index in [9.17, 15) is 4.79 Å². The molecule has 0 bridgehead atoms. The molecular weight excluding hydrogens is 206 g/mol. The van der Waals surface area contributed by atoms with Crippen LogP contribution in [0.5, 0.6) is 0 Å². The van der Waals surface area contributed by atoms with Crippen LogP contribution in [0.15, 0.2) is 18.7 Å². The fourth-order valence-electron chi connectivity index (χ4n) is 1.35. The van der Waals surface area contributed by atoms with Gasteiger partial charge in [0, 0.05) is 25.4 Å². The summed E-state index contributed by atoms with van der Waals surface area (Å²) >= 11 is 0. The zero-order valence-corrected chi connectivity index (χ0v) is 9.76. The Kier molecular flexibility index (Phi) is 4.98. The average Bonchev–Trinajstić information content (AvgIpc) is 2.75. The van der Waals surface area contributed by atoms with Crippen LogP contribution in [0.3, 0.4) is 0 Å². The molecule has 2 N–H and O–H groups in total. The summed E-state index contributed by atoms with van der Waals surface area (Å²) in [6, 6.07) is -0.157. The van der Waals surface area contributed by atoms with E-state index < -0.39 is 0 Å². The van der Waals surface area contributed by atoms with Crippen LogP contribution >= 0.6 is 0 Å². The maximum Gasteiger partial charge on any atom is 0.222 e. The molecule has 5 heteroatoms. The highest BCUT2D eigenvalue weighted by Gasteiger charge is 2.14. The number of aryl methyl sites for hydroxylation is 1. The zero-order valence-electron chi connectivity index (χ0n) is 9.76. The van der Waals surface area contributed by atoms with E-state index in [1.807, 2.05) is 24.6 Å². The van der Waals surface area contributed by atoms with E-state index in [4.69, 9.17) is 5.11 Å². The maximum absolute atomic E-state index is 11.6. The van der Waals surface area contributed by atoms with Gasteiger partial charge < -0.3 is 15.0 Å². The number of hydrogen-bond donors (Lipinski definition) is 2. The maximum atomic E-state index is 11.6. The van der Waals surface area contributed by atoms with Gasteiger partial charge in [0.1, 0.15) is 0 Å². The van der Waals surface area contributed by atoms with E-state index in [0.29, 0.717) is 13.0 Å². The van der Waals surface area contributed by atoms with Crippen LogP contribution < -0.4 is 5.32 Å². The molecule has 0 aliphatic heterocycles. The Hall–Kier alpha value is -1.36. The molecule has 16 heavy (non-hydrogen) atoms. The molecule has 0 saturated carbocycles. The van der Waals surface area contributed by atoms with Gasteiger partial charge in [-0.25, -0.2) is 4.98 Å². The number of imidazole rings is 1. The van der Waals surface area contributed by atoms with E-state index in [1.165, 1.54) is 0 Å². The van der Waals surface area contributed by atoms with Crippen molar-refractivity contribution >= 4 is 5.91 Å². The number of carbonyl (C=O) groups is 1. The molecule has 0 unspecified atom stereocenters. The number of aliphatic hydroxyl groups excluding tert-OH is 1. The van der Waals surface area contributed by atoms with Crippen molar-refractivity contribution in [3.63, 3.8) is 0 Å². The lowest BCUT2D eigenvalue weighted by molar-refractivity contribution is -0.122. The number of amides is 1. The molecule has 5 nitrogen and oxygen atoms in total. The van der Waals surface area contributed by atoms with Gasteiger partial charge in [-0.2, -0.15) is 0 Å². The Morgan fingerprint density at radius 1 is 1.56 bits per heavy atom. The molecule has 1 rings (SSSR count). The average molecular weight is 225 g/mol. The van der Waals surface area contributed by atoms with Crippen LogP contribution in [0.25, 0.3) is 0 Å². The number of carbonyl (C=O) groups excluding carboxylic acids is 1. The van der Waals surface area contributed by atoms with Crippen molar-refractivity contribution in [1.82, 2.24) is 14.9 Å². The highest BCUT2D eigenvalue weighted by Crippen LogP contribution is 2.01. The lowest BCUT2D eigenvalue weighted by atomic mass is 10.1. The monoisotopic (exact) mass is 225 g/mol. The van der Waals surface area contributed by atoms with Crippen molar-refractivity contribution in [2.24, 2.45) is 5.92 Å². The number of nitrogens with one attached hydrogen (secondary N) is 1. The molecule has 0 radical (unpaired) electrons. The van der Waals surface area contributed by atoms with Gasteiger partial charge in [0.25, 0.3) is 0 Å². The zero-order chi connectivity index (χ0) is 12.0. The molecule has 0 aliphatic carbocycles. The molecule has 1 atom stereocenters. The summed E-state index contributed by atoms with van der Waals surface area (Å²) in [7, 11) is 0. The van der Waals surface area contributed by atoms with Crippen LogP contribution in [0.1, 0.15) is 20.3 Å². The summed E-state index contributed by atoms with van der Waals surface area (Å²) in [5.41, 5.74) is 0. The fourth-order valence-corrected chi connectivity index (χ4v) is 1.35. The number of hydrogen-bond acceptors (Lipinski definition) is 3. The van der Waals surface area contributed by atoms with Gasteiger partial charge in [-0.05, 0) is 5.92 Å². The number of rotatable bonds is 6. The van der Waals surface area contributed by atoms with Gasteiger partial charge in [0.15, 0.2) is 0 Å². The summed E-state index contributed by atoms with van der Waals surface area (Å²) in [6.45, 7) is 4.53. The third-order valence-electron chi connectivity index (χ3n) is 2.50. The second kappa shape index (κ2) is 6.27. The molecule has 0 spiro atoms. The van der Waals surface area contributed by atoms with E-state index >= 15 is 0 Å². The molecule has 1 heterocycles. The number of nitrogens with zero attached hydrogens (tertiary/aromatic N) is 2. The highest BCUT2D eigenvalue weighted by molar-refractivity contribution is 5.76. The number of aliphatic hydroxyl groups is 1. The van der Waals surface area contributed by atoms with E-state index in [2.05, 4.69) is 10.3 Å². The summed E-state index contributed by atoms with van der Waals surface area (Å²) in [5, 5.41) is 11.9. The van der Waals surface area contributed by atoms with Gasteiger partial charge in [0.2, 0.25) is 5.91 Å². The fraction of sp³-hybridized carbons (Fsp3) is 0.636. The molecule has 0 fully saturated rings. The third kappa shape index (κ3) is 4.02. The van der Waals surface area contributed by atoms with Crippen molar-refractivity contribution in [3.05, 3.63) is 18.7 Å². The summed E-state index contributed by atoms with van der Waals surface area (Å²) in [5.74, 6) is 0.198. The molecule has 1 amide bonds. The summed E-state index contributed by atoms with van der Waals surface area (Å²) < 4.78 is 1.85. The molecular formula is C11H19N3O2. The molecule has 0 aliphatic rings. The van der Waals surface area contributed by atoms with Gasteiger partial charge >= 0.3 is 0 Å². The smallest absolute Gasteiger partial charge is 0.222 e. The molecule has 90 valence electrons. The van der Waals surface area contributed by atoms with Crippen molar-refractivity contribution in [2.75, 3.05) is 6.61 Å². The minimum atomic E-state index is -0.157. The minimum Gasteiger partial charge on any atom is -0.394 e. The lowest BCUT2D eigenvalue weighted by Crippen LogP contribution is -2.41. The van der Waals surface area contributed by atoms with Crippen molar-refractivity contribution in [3.8, 4) is 0 Å². The van der Waals surface area contributed by atoms with Crippen LogP contribution in [-0.4, -0.2) is 33.2 Å². The van der Waals surface area contributed by atoms with Crippen LogP contribution in [0.2, 0.25) is 0 Å². The topological polar surface area (TPSA) is 67.2 Å².